The molecule has 0 saturated heterocycles. The minimum atomic E-state index is -4.67. The van der Waals surface area contributed by atoms with E-state index in [1.54, 1.807) is 24.1 Å². The molecule has 30 heavy (non-hydrogen) atoms. The second kappa shape index (κ2) is 8.83. The summed E-state index contributed by atoms with van der Waals surface area (Å²) < 4.78 is 39.6. The molecule has 3 atom stereocenters. The van der Waals surface area contributed by atoms with Crippen LogP contribution in [0.1, 0.15) is 41.0 Å². The Labute approximate surface area is 175 Å². The lowest BCUT2D eigenvalue weighted by atomic mass is 9.89. The molecule has 11 heteroatoms. The molecular formula is C19H18ClF3N6O. The number of hydrogen-bond donors (Lipinski definition) is 1. The molecule has 1 fully saturated rings. The Hall–Kier alpha value is -2.93. The van der Waals surface area contributed by atoms with E-state index in [1.807, 2.05) is 0 Å². The lowest BCUT2D eigenvalue weighted by Gasteiger charge is -2.38. The summed E-state index contributed by atoms with van der Waals surface area (Å²) in [5, 5.41) is 18.7. The van der Waals surface area contributed by atoms with E-state index in [0.717, 1.165) is 6.07 Å². The fraction of sp³-hybridized carbons (Fsp3) is 0.421. The minimum Gasteiger partial charge on any atom is -0.370 e. The molecule has 3 unspecified atom stereocenters. The number of carbonyl (C=O) groups is 1. The van der Waals surface area contributed by atoms with Gasteiger partial charge in [-0.25, -0.2) is 4.98 Å². The van der Waals surface area contributed by atoms with Crippen LogP contribution in [0.3, 0.4) is 0 Å². The molecule has 158 valence electrons. The van der Waals surface area contributed by atoms with Crippen LogP contribution in [0, 0.1) is 11.3 Å². The molecule has 0 radical (unpaired) electrons. The molecule has 0 aromatic carbocycles. The average molecular weight is 439 g/mol. The molecule has 0 aliphatic heterocycles. The van der Waals surface area contributed by atoms with E-state index < -0.39 is 22.8 Å². The highest BCUT2D eigenvalue weighted by atomic mass is 35.5. The number of nitrogens with one attached hydrogen (secondary N) is 1. The van der Waals surface area contributed by atoms with Crippen molar-refractivity contribution in [2.24, 2.45) is 0 Å². The lowest BCUT2D eigenvalue weighted by Crippen LogP contribution is -2.49. The molecule has 2 heterocycles. The maximum atomic E-state index is 13.2. The number of halogens is 4. The van der Waals surface area contributed by atoms with Gasteiger partial charge in [-0.3, -0.25) is 4.79 Å². The number of carbonyl (C=O) groups excluding carboxylic acids is 1. The summed E-state index contributed by atoms with van der Waals surface area (Å²) in [4.78, 5) is 17.6. The second-order valence-corrected chi connectivity index (χ2v) is 7.54. The highest BCUT2D eigenvalue weighted by Crippen LogP contribution is 2.35. The first kappa shape index (κ1) is 21.8. The van der Waals surface area contributed by atoms with E-state index in [2.05, 4.69) is 20.5 Å². The van der Waals surface area contributed by atoms with Crippen molar-refractivity contribution in [1.82, 2.24) is 20.5 Å². The van der Waals surface area contributed by atoms with Gasteiger partial charge in [-0.15, -0.1) is 16.7 Å². The second-order valence-electron chi connectivity index (χ2n) is 6.98. The van der Waals surface area contributed by atoms with E-state index in [-0.39, 0.29) is 29.4 Å². The zero-order valence-electron chi connectivity index (χ0n) is 15.9. The van der Waals surface area contributed by atoms with Crippen LogP contribution in [0.4, 0.5) is 18.9 Å². The average Bonchev–Trinajstić information content (AvgIpc) is 2.74. The van der Waals surface area contributed by atoms with Gasteiger partial charge in [0, 0.05) is 25.3 Å². The van der Waals surface area contributed by atoms with E-state index in [0.29, 0.717) is 19.3 Å². The third-order valence-electron chi connectivity index (χ3n) is 5.11. The van der Waals surface area contributed by atoms with E-state index in [1.165, 1.54) is 18.5 Å². The zero-order chi connectivity index (χ0) is 21.9. The molecule has 1 aliphatic rings. The first-order valence-corrected chi connectivity index (χ1v) is 9.57. The van der Waals surface area contributed by atoms with Crippen molar-refractivity contribution < 1.29 is 18.0 Å². The number of aromatic nitrogens is 3. The number of nitriles is 1. The predicted molar refractivity (Wildman–Crippen MR) is 103 cm³/mol. The molecule has 2 aromatic rings. The topological polar surface area (TPSA) is 94.8 Å². The number of alkyl halides is 4. The third-order valence-corrected chi connectivity index (χ3v) is 5.59. The normalized spacial score (nSPS) is 21.5. The Morgan fingerprint density at radius 2 is 2.17 bits per heavy atom. The van der Waals surface area contributed by atoms with Gasteiger partial charge in [-0.05, 0) is 37.5 Å². The molecule has 7 nitrogen and oxygen atoms in total. The van der Waals surface area contributed by atoms with Crippen molar-refractivity contribution >= 4 is 23.2 Å². The highest BCUT2D eigenvalue weighted by Gasteiger charge is 2.36. The van der Waals surface area contributed by atoms with E-state index in [9.17, 15) is 18.0 Å². The summed E-state index contributed by atoms with van der Waals surface area (Å²) in [7, 11) is 1.66. The number of pyridine rings is 1. The predicted octanol–water partition coefficient (Wildman–Crippen LogP) is 3.16. The van der Waals surface area contributed by atoms with Gasteiger partial charge in [0.25, 0.3) is 5.91 Å². The minimum absolute atomic E-state index is 0.145. The van der Waals surface area contributed by atoms with Gasteiger partial charge in [0.05, 0.1) is 22.8 Å². The van der Waals surface area contributed by atoms with Crippen molar-refractivity contribution in [2.45, 2.75) is 42.9 Å². The highest BCUT2D eigenvalue weighted by molar-refractivity contribution is 6.21. The monoisotopic (exact) mass is 438 g/mol. The van der Waals surface area contributed by atoms with Gasteiger partial charge in [-0.2, -0.15) is 23.5 Å². The Balaban J connectivity index is 1.68. The summed E-state index contributed by atoms with van der Waals surface area (Å²) in [5.41, 5.74) is -1.30. The molecular weight excluding hydrogens is 421 g/mol. The smallest absolute Gasteiger partial charge is 0.370 e. The summed E-state index contributed by atoms with van der Waals surface area (Å²) in [6.07, 6.45) is -0.363. The Morgan fingerprint density at radius 1 is 1.40 bits per heavy atom. The lowest BCUT2D eigenvalue weighted by molar-refractivity contribution is -0.138. The van der Waals surface area contributed by atoms with Crippen LogP contribution in [-0.4, -0.2) is 45.6 Å². The Kier molecular flexibility index (Phi) is 6.41. The number of anilines is 1. The fourth-order valence-electron chi connectivity index (χ4n) is 3.44. The molecule has 1 aliphatic carbocycles. The number of nitrogens with zero attached hydrogens (tertiary/aromatic N) is 5. The summed E-state index contributed by atoms with van der Waals surface area (Å²) in [6.45, 7) is 0. The SMILES string of the molecule is CN(c1cnc(C#N)c(C(F)(F)F)c1)C1CCC(NC(=O)c2cccnn2)C(Cl)C1. The van der Waals surface area contributed by atoms with Crippen molar-refractivity contribution in [3.63, 3.8) is 0 Å². The van der Waals surface area contributed by atoms with Crippen LogP contribution >= 0.6 is 11.6 Å². The molecule has 0 bridgehead atoms. The molecule has 3 rings (SSSR count). The van der Waals surface area contributed by atoms with Crippen LogP contribution in [0.2, 0.25) is 0 Å². The quantitative estimate of drug-likeness (QED) is 0.737. The first-order chi connectivity index (χ1) is 14.2. The van der Waals surface area contributed by atoms with E-state index >= 15 is 0 Å². The van der Waals surface area contributed by atoms with Crippen LogP contribution in [-0.2, 0) is 6.18 Å². The first-order valence-electron chi connectivity index (χ1n) is 9.13. The van der Waals surface area contributed by atoms with Crippen LogP contribution in [0.5, 0.6) is 0 Å². The maximum absolute atomic E-state index is 13.2. The van der Waals surface area contributed by atoms with Gasteiger partial charge in [0.2, 0.25) is 0 Å². The van der Waals surface area contributed by atoms with Crippen molar-refractivity contribution in [1.29, 1.82) is 5.26 Å². The van der Waals surface area contributed by atoms with Gasteiger partial charge in [-0.1, -0.05) is 0 Å². The van der Waals surface area contributed by atoms with Crippen molar-refractivity contribution in [3.8, 4) is 6.07 Å². The van der Waals surface area contributed by atoms with Crippen LogP contribution < -0.4 is 10.2 Å². The summed E-state index contributed by atoms with van der Waals surface area (Å²) in [5.74, 6) is -0.378. The Bertz CT molecular complexity index is 950. The number of hydrogen-bond acceptors (Lipinski definition) is 6. The maximum Gasteiger partial charge on any atom is 0.419 e. The van der Waals surface area contributed by atoms with Gasteiger partial charge in [0.1, 0.15) is 6.07 Å². The summed E-state index contributed by atoms with van der Waals surface area (Å²) >= 11 is 6.48. The van der Waals surface area contributed by atoms with Crippen LogP contribution in [0.25, 0.3) is 0 Å². The molecule has 1 N–H and O–H groups in total. The van der Waals surface area contributed by atoms with Gasteiger partial charge in [0.15, 0.2) is 11.4 Å². The number of amides is 1. The third kappa shape index (κ3) is 4.79. The fourth-order valence-corrected chi connectivity index (χ4v) is 3.83. The molecule has 1 amide bonds. The summed E-state index contributed by atoms with van der Waals surface area (Å²) in [6, 6.07) is 5.10. The zero-order valence-corrected chi connectivity index (χ0v) is 16.7. The van der Waals surface area contributed by atoms with Crippen molar-refractivity contribution in [2.75, 3.05) is 11.9 Å². The van der Waals surface area contributed by atoms with Gasteiger partial charge < -0.3 is 10.2 Å². The Morgan fingerprint density at radius 3 is 2.77 bits per heavy atom. The molecule has 2 aromatic heterocycles. The molecule has 1 saturated carbocycles. The van der Waals surface area contributed by atoms with Gasteiger partial charge >= 0.3 is 6.18 Å². The van der Waals surface area contributed by atoms with E-state index in [4.69, 9.17) is 16.9 Å². The standard InChI is InChI=1S/C19H18ClF3N6O/c1-29(12-7-13(19(21,22)23)17(9-24)25-10-12)11-4-5-15(14(20)8-11)27-18(30)16-3-2-6-26-28-16/h2-3,6-7,10-11,14-15H,4-5,8H2,1H3,(H,27,30). The molecule has 0 spiro atoms. The number of rotatable bonds is 4. The largest absolute Gasteiger partial charge is 0.419 e. The van der Waals surface area contributed by atoms with Crippen LogP contribution in [0.15, 0.2) is 30.6 Å². The van der Waals surface area contributed by atoms with Crippen molar-refractivity contribution in [3.05, 3.63) is 47.5 Å².